The number of imidazole rings is 1. The summed E-state index contributed by atoms with van der Waals surface area (Å²) in [5.41, 5.74) is 0.415. The van der Waals surface area contributed by atoms with Crippen LogP contribution in [0.5, 0.6) is 0 Å². The molecule has 0 aromatic carbocycles. The number of rotatable bonds is 3. The van der Waals surface area contributed by atoms with Crippen molar-refractivity contribution in [3.8, 4) is 0 Å². The van der Waals surface area contributed by atoms with Gasteiger partial charge in [-0.25, -0.2) is 18.3 Å². The van der Waals surface area contributed by atoms with Gasteiger partial charge in [0.25, 0.3) is 11.8 Å². The summed E-state index contributed by atoms with van der Waals surface area (Å²) in [4.78, 5) is 29.1. The van der Waals surface area contributed by atoms with Gasteiger partial charge in [0, 0.05) is 25.7 Å². The monoisotopic (exact) mass is 335 g/mol. The second kappa shape index (κ2) is 5.99. The third kappa shape index (κ3) is 2.97. The maximum atomic E-state index is 14.1. The lowest BCUT2D eigenvalue weighted by Crippen LogP contribution is -2.59. The molecule has 7 nitrogen and oxygen atoms in total. The standard InChI is InChI=1S/C15H15F2N5O2/c1-2-13(23)21-7-5-15(16,17)11(9-21)20-14(24)10-8-22-12(19-10)4-3-6-18-22/h2-4,6,8,11H,1,5,7,9H2,(H,20,24)/t11-/m1/s1. The van der Waals surface area contributed by atoms with Gasteiger partial charge in [0.05, 0.1) is 6.20 Å². The number of alkyl halides is 2. The Hall–Kier alpha value is -2.84. The Morgan fingerprint density at radius 1 is 1.46 bits per heavy atom. The van der Waals surface area contributed by atoms with Crippen LogP contribution in [0.3, 0.4) is 0 Å². The summed E-state index contributed by atoms with van der Waals surface area (Å²) in [5, 5.41) is 6.24. The number of piperidine rings is 1. The average Bonchev–Trinajstić information content (AvgIpc) is 3.00. The van der Waals surface area contributed by atoms with Crippen molar-refractivity contribution in [1.29, 1.82) is 0 Å². The van der Waals surface area contributed by atoms with Crippen LogP contribution in [0.25, 0.3) is 5.65 Å². The Balaban J connectivity index is 1.77. The molecule has 0 unspecified atom stereocenters. The Labute approximate surface area is 136 Å². The predicted molar refractivity (Wildman–Crippen MR) is 80.6 cm³/mol. The van der Waals surface area contributed by atoms with Crippen molar-refractivity contribution in [3.05, 3.63) is 42.9 Å². The summed E-state index contributed by atoms with van der Waals surface area (Å²) in [5.74, 6) is -4.29. The lowest BCUT2D eigenvalue weighted by atomic mass is 10.0. The summed E-state index contributed by atoms with van der Waals surface area (Å²) in [7, 11) is 0. The summed E-state index contributed by atoms with van der Waals surface area (Å²) in [6, 6.07) is 1.81. The fourth-order valence-corrected chi connectivity index (χ4v) is 2.56. The van der Waals surface area contributed by atoms with Gasteiger partial charge in [-0.1, -0.05) is 6.58 Å². The molecule has 3 heterocycles. The second-order valence-electron chi connectivity index (χ2n) is 5.48. The van der Waals surface area contributed by atoms with E-state index in [0.29, 0.717) is 5.65 Å². The minimum atomic E-state index is -3.11. The fraction of sp³-hybridized carbons (Fsp3) is 0.333. The number of nitrogens with one attached hydrogen (secondary N) is 1. The van der Waals surface area contributed by atoms with Crippen molar-refractivity contribution < 1.29 is 18.4 Å². The molecule has 3 rings (SSSR count). The SMILES string of the molecule is C=CC(=O)N1CCC(F)(F)[C@H](NC(=O)c2cn3ncccc3n2)C1. The number of amides is 2. The highest BCUT2D eigenvalue weighted by atomic mass is 19.3. The molecule has 1 saturated heterocycles. The minimum absolute atomic E-state index is 0.0170. The van der Waals surface area contributed by atoms with Crippen molar-refractivity contribution >= 4 is 17.5 Å². The van der Waals surface area contributed by atoms with Crippen LogP contribution in [0.4, 0.5) is 8.78 Å². The molecule has 1 fully saturated rings. The molecule has 9 heteroatoms. The zero-order valence-corrected chi connectivity index (χ0v) is 12.7. The highest BCUT2D eigenvalue weighted by Gasteiger charge is 2.45. The maximum Gasteiger partial charge on any atom is 0.272 e. The Kier molecular flexibility index (Phi) is 4.00. The lowest BCUT2D eigenvalue weighted by molar-refractivity contribution is -0.135. The van der Waals surface area contributed by atoms with Gasteiger partial charge in [-0.2, -0.15) is 5.10 Å². The Bertz CT molecular complexity index is 771. The molecule has 0 radical (unpaired) electrons. The molecule has 2 aromatic rings. The quantitative estimate of drug-likeness (QED) is 0.845. The zero-order valence-electron chi connectivity index (χ0n) is 12.7. The first-order valence-corrected chi connectivity index (χ1v) is 7.31. The number of halogens is 2. The van der Waals surface area contributed by atoms with E-state index < -0.39 is 30.2 Å². The lowest BCUT2D eigenvalue weighted by Gasteiger charge is -2.38. The third-order valence-electron chi connectivity index (χ3n) is 3.89. The molecule has 2 amide bonds. The largest absolute Gasteiger partial charge is 0.340 e. The van der Waals surface area contributed by atoms with Crippen LogP contribution in [-0.2, 0) is 4.79 Å². The Morgan fingerprint density at radius 2 is 2.25 bits per heavy atom. The topological polar surface area (TPSA) is 79.6 Å². The molecule has 1 atom stereocenters. The molecule has 1 N–H and O–H groups in total. The number of aromatic nitrogens is 3. The predicted octanol–water partition coefficient (Wildman–Crippen LogP) is 0.881. The van der Waals surface area contributed by atoms with Gasteiger partial charge in [0.1, 0.15) is 11.7 Å². The normalized spacial score (nSPS) is 19.9. The smallest absolute Gasteiger partial charge is 0.272 e. The van der Waals surface area contributed by atoms with Crippen LogP contribution in [0.15, 0.2) is 37.2 Å². The van der Waals surface area contributed by atoms with E-state index in [1.165, 1.54) is 21.8 Å². The van der Waals surface area contributed by atoms with Gasteiger partial charge in [-0.05, 0) is 18.2 Å². The molecule has 0 spiro atoms. The molecule has 0 saturated carbocycles. The number of hydrogen-bond acceptors (Lipinski definition) is 4. The van der Waals surface area contributed by atoms with E-state index in [9.17, 15) is 18.4 Å². The van der Waals surface area contributed by atoms with Crippen molar-refractivity contribution in [2.45, 2.75) is 18.4 Å². The van der Waals surface area contributed by atoms with Crippen LogP contribution in [0.2, 0.25) is 0 Å². The van der Waals surface area contributed by atoms with Crippen LogP contribution < -0.4 is 5.32 Å². The first-order chi connectivity index (χ1) is 11.4. The molecule has 0 bridgehead atoms. The summed E-state index contributed by atoms with van der Waals surface area (Å²) in [6.45, 7) is 2.98. The van der Waals surface area contributed by atoms with Crippen LogP contribution in [0, 0.1) is 0 Å². The van der Waals surface area contributed by atoms with Gasteiger partial charge < -0.3 is 10.2 Å². The number of fused-ring (bicyclic) bond motifs is 1. The van der Waals surface area contributed by atoms with E-state index in [1.807, 2.05) is 0 Å². The summed E-state index contributed by atoms with van der Waals surface area (Å²) < 4.78 is 29.5. The van der Waals surface area contributed by atoms with E-state index in [0.717, 1.165) is 6.08 Å². The van der Waals surface area contributed by atoms with E-state index in [4.69, 9.17) is 0 Å². The van der Waals surface area contributed by atoms with E-state index >= 15 is 0 Å². The molecule has 0 aliphatic carbocycles. The number of nitrogens with zero attached hydrogens (tertiary/aromatic N) is 4. The fourth-order valence-electron chi connectivity index (χ4n) is 2.56. The molecule has 126 valence electrons. The average molecular weight is 335 g/mol. The summed E-state index contributed by atoms with van der Waals surface area (Å²) in [6.07, 6.45) is 3.42. The Morgan fingerprint density at radius 3 is 2.96 bits per heavy atom. The highest BCUT2D eigenvalue weighted by molar-refractivity contribution is 5.93. The number of likely N-dealkylation sites (tertiary alicyclic amines) is 1. The van der Waals surface area contributed by atoms with Gasteiger partial charge in [-0.15, -0.1) is 0 Å². The van der Waals surface area contributed by atoms with Gasteiger partial charge >= 0.3 is 0 Å². The van der Waals surface area contributed by atoms with Crippen molar-refractivity contribution in [1.82, 2.24) is 24.8 Å². The number of carbonyl (C=O) groups excluding carboxylic acids is 2. The van der Waals surface area contributed by atoms with E-state index in [-0.39, 0.29) is 18.8 Å². The van der Waals surface area contributed by atoms with Crippen molar-refractivity contribution in [3.63, 3.8) is 0 Å². The van der Waals surface area contributed by atoms with Crippen molar-refractivity contribution in [2.75, 3.05) is 13.1 Å². The molecule has 2 aromatic heterocycles. The van der Waals surface area contributed by atoms with Gasteiger partial charge in [0.2, 0.25) is 5.91 Å². The molecule has 1 aliphatic rings. The number of carbonyl (C=O) groups is 2. The van der Waals surface area contributed by atoms with Crippen LogP contribution >= 0.6 is 0 Å². The molecular weight excluding hydrogens is 320 g/mol. The molecule has 24 heavy (non-hydrogen) atoms. The minimum Gasteiger partial charge on any atom is -0.340 e. The molecule has 1 aliphatic heterocycles. The van der Waals surface area contributed by atoms with Crippen LogP contribution in [-0.4, -0.2) is 56.4 Å². The van der Waals surface area contributed by atoms with E-state index in [1.54, 1.807) is 12.1 Å². The van der Waals surface area contributed by atoms with Gasteiger partial charge in [0.15, 0.2) is 5.65 Å². The zero-order chi connectivity index (χ0) is 17.3. The van der Waals surface area contributed by atoms with E-state index in [2.05, 4.69) is 22.0 Å². The first kappa shape index (κ1) is 16.0. The van der Waals surface area contributed by atoms with Gasteiger partial charge in [-0.3, -0.25) is 9.59 Å². The second-order valence-corrected chi connectivity index (χ2v) is 5.48. The maximum absolute atomic E-state index is 14.1. The first-order valence-electron chi connectivity index (χ1n) is 7.31. The van der Waals surface area contributed by atoms with Crippen molar-refractivity contribution in [2.24, 2.45) is 0 Å². The number of hydrogen-bond donors (Lipinski definition) is 1. The molecular formula is C15H15F2N5O2. The highest BCUT2D eigenvalue weighted by Crippen LogP contribution is 2.28. The summed E-state index contributed by atoms with van der Waals surface area (Å²) >= 11 is 0. The van der Waals surface area contributed by atoms with Crippen LogP contribution in [0.1, 0.15) is 16.9 Å². The third-order valence-corrected chi connectivity index (χ3v) is 3.89.